The summed E-state index contributed by atoms with van der Waals surface area (Å²) in [6, 6.07) is 8.93. The predicted molar refractivity (Wildman–Crippen MR) is 64.8 cm³/mol. The molecule has 0 aromatic heterocycles. The van der Waals surface area contributed by atoms with E-state index in [4.69, 9.17) is 4.74 Å². The number of hydrogen-bond donors (Lipinski definition) is 1. The second-order valence-corrected chi connectivity index (χ2v) is 4.89. The summed E-state index contributed by atoms with van der Waals surface area (Å²) in [5.41, 5.74) is 1.32. The first-order valence-corrected chi connectivity index (χ1v) is 6.14. The van der Waals surface area contributed by atoms with Gasteiger partial charge in [-0.15, -0.1) is 0 Å². The maximum Gasteiger partial charge on any atom is 0.0700 e. The Kier molecular flexibility index (Phi) is 3.78. The zero-order valence-electron chi connectivity index (χ0n) is 8.87. The highest BCUT2D eigenvalue weighted by molar-refractivity contribution is 9.10. The van der Waals surface area contributed by atoms with Gasteiger partial charge in [0.1, 0.15) is 0 Å². The average molecular weight is 270 g/mol. The van der Waals surface area contributed by atoms with Crippen LogP contribution in [0.4, 0.5) is 0 Å². The zero-order chi connectivity index (χ0) is 10.7. The van der Waals surface area contributed by atoms with Gasteiger partial charge < -0.3 is 10.1 Å². The van der Waals surface area contributed by atoms with Crippen molar-refractivity contribution in [2.24, 2.45) is 0 Å². The lowest BCUT2D eigenvalue weighted by Crippen LogP contribution is -2.34. The van der Waals surface area contributed by atoms with E-state index in [9.17, 15) is 0 Å². The summed E-state index contributed by atoms with van der Waals surface area (Å²) in [5, 5.41) is 3.53. The lowest BCUT2D eigenvalue weighted by atomic mass is 10.1. The van der Waals surface area contributed by atoms with Crippen LogP contribution in [0.5, 0.6) is 0 Å². The van der Waals surface area contributed by atoms with Crippen molar-refractivity contribution >= 4 is 15.9 Å². The van der Waals surface area contributed by atoms with Gasteiger partial charge in [0.25, 0.3) is 0 Å². The molecule has 0 amide bonds. The van der Waals surface area contributed by atoms with Gasteiger partial charge in [-0.05, 0) is 31.0 Å². The molecule has 1 aromatic rings. The Bertz CT molecular complexity index is 312. The minimum Gasteiger partial charge on any atom is -0.377 e. The molecule has 82 valence electrons. The summed E-state index contributed by atoms with van der Waals surface area (Å²) in [5.74, 6) is 0. The van der Waals surface area contributed by atoms with Crippen LogP contribution in [0.1, 0.15) is 18.9 Å². The minimum absolute atomic E-state index is 0.348. The molecular weight excluding hydrogens is 254 g/mol. The molecule has 3 heteroatoms. The fourth-order valence-corrected chi connectivity index (χ4v) is 2.12. The van der Waals surface area contributed by atoms with Gasteiger partial charge in [0.2, 0.25) is 0 Å². The molecular formula is C12H16BrNO. The number of ether oxygens (including phenoxy) is 1. The molecule has 1 aromatic carbocycles. The third-order valence-corrected chi connectivity index (χ3v) is 3.39. The summed E-state index contributed by atoms with van der Waals surface area (Å²) < 4.78 is 6.63. The molecule has 1 heterocycles. The van der Waals surface area contributed by atoms with Gasteiger partial charge in [-0.1, -0.05) is 28.1 Å². The Morgan fingerprint density at radius 1 is 1.40 bits per heavy atom. The first-order chi connectivity index (χ1) is 7.25. The van der Waals surface area contributed by atoms with Crippen LogP contribution >= 0.6 is 15.9 Å². The van der Waals surface area contributed by atoms with Gasteiger partial charge in [-0.2, -0.15) is 0 Å². The molecule has 2 unspecified atom stereocenters. The lowest BCUT2D eigenvalue weighted by Gasteiger charge is -2.15. The number of rotatable bonds is 3. The number of halogens is 1. The molecule has 2 nitrogen and oxygen atoms in total. The van der Waals surface area contributed by atoms with E-state index >= 15 is 0 Å². The highest BCUT2D eigenvalue weighted by Gasteiger charge is 2.23. The monoisotopic (exact) mass is 269 g/mol. The highest BCUT2D eigenvalue weighted by atomic mass is 79.9. The van der Waals surface area contributed by atoms with Gasteiger partial charge in [-0.25, -0.2) is 0 Å². The van der Waals surface area contributed by atoms with Crippen molar-refractivity contribution in [3.8, 4) is 0 Å². The van der Waals surface area contributed by atoms with E-state index in [2.05, 4.69) is 52.4 Å². The topological polar surface area (TPSA) is 21.3 Å². The van der Waals surface area contributed by atoms with E-state index < -0.39 is 0 Å². The molecule has 2 atom stereocenters. The van der Waals surface area contributed by atoms with Gasteiger partial charge in [-0.3, -0.25) is 0 Å². The Morgan fingerprint density at radius 2 is 2.13 bits per heavy atom. The van der Waals surface area contributed by atoms with E-state index in [-0.39, 0.29) is 0 Å². The quantitative estimate of drug-likeness (QED) is 0.911. The Hall–Kier alpha value is -0.380. The first-order valence-electron chi connectivity index (χ1n) is 5.35. The van der Waals surface area contributed by atoms with Crippen molar-refractivity contribution in [2.75, 3.05) is 6.61 Å². The van der Waals surface area contributed by atoms with E-state index in [1.807, 2.05) is 0 Å². The minimum atomic E-state index is 0.348. The smallest absolute Gasteiger partial charge is 0.0700 e. The van der Waals surface area contributed by atoms with Crippen molar-refractivity contribution < 1.29 is 4.74 Å². The summed E-state index contributed by atoms with van der Waals surface area (Å²) >= 11 is 3.43. The molecule has 0 spiro atoms. The van der Waals surface area contributed by atoms with Crippen LogP contribution in [-0.4, -0.2) is 18.8 Å². The third kappa shape index (κ3) is 3.03. The molecule has 1 N–H and O–H groups in total. The predicted octanol–water partition coefficient (Wildman–Crippen LogP) is 2.72. The summed E-state index contributed by atoms with van der Waals surface area (Å²) in [4.78, 5) is 0. The Labute approximate surface area is 99.1 Å². The Morgan fingerprint density at radius 3 is 2.73 bits per heavy atom. The molecule has 0 aliphatic carbocycles. The van der Waals surface area contributed by atoms with Crippen molar-refractivity contribution in [1.82, 2.24) is 5.32 Å². The van der Waals surface area contributed by atoms with E-state index in [1.54, 1.807) is 0 Å². The standard InChI is InChI=1S/C12H16BrNO/c1-9-12(6-7-15-9)14-8-10-2-4-11(13)5-3-10/h2-5,9,12,14H,6-8H2,1H3. The van der Waals surface area contributed by atoms with Crippen LogP contribution in [0.2, 0.25) is 0 Å². The molecule has 1 saturated heterocycles. The van der Waals surface area contributed by atoms with Gasteiger partial charge >= 0.3 is 0 Å². The van der Waals surface area contributed by atoms with Crippen LogP contribution in [0.3, 0.4) is 0 Å². The number of benzene rings is 1. The third-order valence-electron chi connectivity index (χ3n) is 2.86. The van der Waals surface area contributed by atoms with Gasteiger partial charge in [0, 0.05) is 23.7 Å². The summed E-state index contributed by atoms with van der Waals surface area (Å²) in [7, 11) is 0. The SMILES string of the molecule is CC1OCCC1NCc1ccc(Br)cc1. The van der Waals surface area contributed by atoms with Crippen molar-refractivity contribution in [1.29, 1.82) is 0 Å². The van der Waals surface area contributed by atoms with Crippen LogP contribution in [0.15, 0.2) is 28.7 Å². The van der Waals surface area contributed by atoms with Gasteiger partial charge in [0.15, 0.2) is 0 Å². The van der Waals surface area contributed by atoms with Crippen molar-refractivity contribution in [3.05, 3.63) is 34.3 Å². The lowest BCUT2D eigenvalue weighted by molar-refractivity contribution is 0.113. The molecule has 1 aliphatic rings. The molecule has 1 fully saturated rings. The van der Waals surface area contributed by atoms with E-state index in [0.717, 1.165) is 24.0 Å². The largest absolute Gasteiger partial charge is 0.377 e. The molecule has 0 saturated carbocycles. The number of hydrogen-bond acceptors (Lipinski definition) is 2. The maximum absolute atomic E-state index is 5.50. The fourth-order valence-electron chi connectivity index (χ4n) is 1.85. The summed E-state index contributed by atoms with van der Waals surface area (Å²) in [6.45, 7) is 3.94. The molecule has 0 radical (unpaired) electrons. The maximum atomic E-state index is 5.50. The molecule has 1 aliphatic heterocycles. The number of nitrogens with one attached hydrogen (secondary N) is 1. The fraction of sp³-hybridized carbons (Fsp3) is 0.500. The van der Waals surface area contributed by atoms with Crippen LogP contribution < -0.4 is 5.32 Å². The van der Waals surface area contributed by atoms with E-state index in [0.29, 0.717) is 12.1 Å². The Balaban J connectivity index is 1.85. The van der Waals surface area contributed by atoms with E-state index in [1.165, 1.54) is 5.56 Å². The summed E-state index contributed by atoms with van der Waals surface area (Å²) in [6.07, 6.45) is 1.47. The zero-order valence-corrected chi connectivity index (χ0v) is 10.5. The molecule has 15 heavy (non-hydrogen) atoms. The second kappa shape index (κ2) is 5.10. The van der Waals surface area contributed by atoms with Gasteiger partial charge in [0.05, 0.1) is 6.10 Å². The van der Waals surface area contributed by atoms with Crippen molar-refractivity contribution in [2.45, 2.75) is 32.0 Å². The molecule has 0 bridgehead atoms. The molecule has 2 rings (SSSR count). The average Bonchev–Trinajstić information content (AvgIpc) is 2.63. The normalized spacial score (nSPS) is 25.7. The first kappa shape index (κ1) is 11.1. The van der Waals surface area contributed by atoms with Crippen molar-refractivity contribution in [3.63, 3.8) is 0 Å². The van der Waals surface area contributed by atoms with Crippen LogP contribution in [-0.2, 0) is 11.3 Å². The second-order valence-electron chi connectivity index (χ2n) is 3.98. The van der Waals surface area contributed by atoms with Crippen LogP contribution in [0.25, 0.3) is 0 Å². The highest BCUT2D eigenvalue weighted by Crippen LogP contribution is 2.14. The van der Waals surface area contributed by atoms with Crippen LogP contribution in [0, 0.1) is 0 Å².